The van der Waals surface area contributed by atoms with E-state index in [9.17, 15) is 13.2 Å². The van der Waals surface area contributed by atoms with Crippen LogP contribution in [0.15, 0.2) is 70.4 Å². The number of hydrogen-bond acceptors (Lipinski definition) is 4. The molecule has 0 amide bonds. The van der Waals surface area contributed by atoms with Gasteiger partial charge < -0.3 is 0 Å². The van der Waals surface area contributed by atoms with Crippen LogP contribution < -0.4 is 5.56 Å². The van der Waals surface area contributed by atoms with Gasteiger partial charge in [-0.2, -0.15) is 9.40 Å². The minimum atomic E-state index is -3.69. The molecule has 0 saturated heterocycles. The lowest BCUT2D eigenvalue weighted by Gasteiger charge is -2.22. The Morgan fingerprint density at radius 1 is 1.04 bits per heavy atom. The van der Waals surface area contributed by atoms with Gasteiger partial charge in [0.05, 0.1) is 10.6 Å². The fourth-order valence-corrected chi connectivity index (χ4v) is 4.52. The van der Waals surface area contributed by atoms with Crippen LogP contribution in [0.5, 0.6) is 0 Å². The number of sulfonamides is 1. The monoisotopic (exact) mass is 383 g/mol. The third kappa shape index (κ3) is 4.15. The van der Waals surface area contributed by atoms with Crippen molar-refractivity contribution >= 4 is 10.0 Å². The van der Waals surface area contributed by atoms with E-state index >= 15 is 0 Å². The molecular formula is C20H21N3O3S. The molecule has 6 nitrogen and oxygen atoms in total. The molecule has 0 bridgehead atoms. The molecule has 0 aliphatic rings. The lowest BCUT2D eigenvalue weighted by atomic mass is 10.1. The van der Waals surface area contributed by atoms with E-state index in [-0.39, 0.29) is 10.5 Å². The number of rotatable bonds is 6. The summed E-state index contributed by atoms with van der Waals surface area (Å²) in [6.45, 7) is 4.26. The number of aromatic amines is 1. The average Bonchev–Trinajstić information content (AvgIpc) is 2.67. The normalized spacial score (nSPS) is 11.7. The average molecular weight is 383 g/mol. The highest BCUT2D eigenvalue weighted by atomic mass is 32.2. The van der Waals surface area contributed by atoms with Gasteiger partial charge in [-0.25, -0.2) is 13.5 Å². The summed E-state index contributed by atoms with van der Waals surface area (Å²) < 4.78 is 28.0. The lowest BCUT2D eigenvalue weighted by Crippen LogP contribution is -2.31. The second kappa shape index (κ2) is 7.85. The predicted molar refractivity (Wildman–Crippen MR) is 105 cm³/mol. The molecule has 1 aromatic heterocycles. The van der Waals surface area contributed by atoms with Crippen molar-refractivity contribution < 1.29 is 8.42 Å². The maximum atomic E-state index is 13.3. The molecule has 2 aromatic carbocycles. The van der Waals surface area contributed by atoms with Gasteiger partial charge in [0.15, 0.2) is 0 Å². The molecule has 0 radical (unpaired) electrons. The Balaban J connectivity index is 2.01. The highest BCUT2D eigenvalue weighted by Crippen LogP contribution is 2.26. The van der Waals surface area contributed by atoms with Crippen molar-refractivity contribution in [2.75, 3.05) is 6.54 Å². The SMILES string of the molecule is CCN(Cc1ccccc1)S(=O)(=O)c1cc(-c2ccc(=O)[nH]n2)ccc1C. The maximum Gasteiger partial charge on any atom is 0.264 e. The topological polar surface area (TPSA) is 83.1 Å². The Morgan fingerprint density at radius 3 is 2.41 bits per heavy atom. The largest absolute Gasteiger partial charge is 0.268 e. The highest BCUT2D eigenvalue weighted by molar-refractivity contribution is 7.89. The van der Waals surface area contributed by atoms with E-state index in [2.05, 4.69) is 10.2 Å². The van der Waals surface area contributed by atoms with Crippen molar-refractivity contribution in [3.05, 3.63) is 82.1 Å². The lowest BCUT2D eigenvalue weighted by molar-refractivity contribution is 0.423. The van der Waals surface area contributed by atoms with Gasteiger partial charge in [-0.3, -0.25) is 4.79 Å². The van der Waals surface area contributed by atoms with Gasteiger partial charge in [-0.1, -0.05) is 49.4 Å². The Kier molecular flexibility index (Phi) is 5.53. The summed E-state index contributed by atoms with van der Waals surface area (Å²) in [6, 6.07) is 17.6. The number of H-pyrrole nitrogens is 1. The van der Waals surface area contributed by atoms with E-state index in [1.807, 2.05) is 37.3 Å². The summed E-state index contributed by atoms with van der Waals surface area (Å²) in [6.07, 6.45) is 0. The Hall–Kier alpha value is -2.77. The number of hydrogen-bond donors (Lipinski definition) is 1. The Labute approximate surface area is 158 Å². The van der Waals surface area contributed by atoms with Crippen LogP contribution in [0.4, 0.5) is 0 Å². The zero-order valence-corrected chi connectivity index (χ0v) is 16.0. The van der Waals surface area contributed by atoms with Crippen LogP contribution in [0.25, 0.3) is 11.3 Å². The minimum Gasteiger partial charge on any atom is -0.268 e. The molecule has 1 heterocycles. The van der Waals surface area contributed by atoms with Gasteiger partial charge >= 0.3 is 0 Å². The summed E-state index contributed by atoms with van der Waals surface area (Å²) >= 11 is 0. The predicted octanol–water partition coefficient (Wildman–Crippen LogP) is 2.96. The number of nitrogens with one attached hydrogen (secondary N) is 1. The molecule has 0 saturated carbocycles. The van der Waals surface area contributed by atoms with Crippen molar-refractivity contribution in [1.82, 2.24) is 14.5 Å². The van der Waals surface area contributed by atoms with E-state index < -0.39 is 10.0 Å². The van der Waals surface area contributed by atoms with Crippen molar-refractivity contribution in [3.8, 4) is 11.3 Å². The van der Waals surface area contributed by atoms with Gasteiger partial charge in [0, 0.05) is 24.7 Å². The smallest absolute Gasteiger partial charge is 0.264 e. The summed E-state index contributed by atoms with van der Waals surface area (Å²) in [5.41, 5.74) is 2.43. The second-order valence-corrected chi connectivity index (χ2v) is 8.11. The van der Waals surface area contributed by atoms with E-state index in [4.69, 9.17) is 0 Å². The van der Waals surface area contributed by atoms with Crippen LogP contribution in [-0.4, -0.2) is 29.5 Å². The number of nitrogens with zero attached hydrogens (tertiary/aromatic N) is 2. The molecule has 0 spiro atoms. The van der Waals surface area contributed by atoms with Crippen LogP contribution in [-0.2, 0) is 16.6 Å². The van der Waals surface area contributed by atoms with Crippen molar-refractivity contribution in [2.24, 2.45) is 0 Å². The molecule has 0 unspecified atom stereocenters. The second-order valence-electron chi connectivity index (χ2n) is 6.20. The molecule has 0 aliphatic heterocycles. The molecule has 3 aromatic rings. The first kappa shape index (κ1) is 19.0. The quantitative estimate of drug-likeness (QED) is 0.709. The molecule has 0 aliphatic carbocycles. The fourth-order valence-electron chi connectivity index (χ4n) is 2.84. The molecule has 27 heavy (non-hydrogen) atoms. The Bertz CT molecular complexity index is 1070. The first-order chi connectivity index (χ1) is 12.9. The van der Waals surface area contributed by atoms with E-state index in [1.165, 1.54) is 10.4 Å². The summed E-state index contributed by atoms with van der Waals surface area (Å²) in [5, 5.41) is 6.36. The molecule has 7 heteroatoms. The Morgan fingerprint density at radius 2 is 1.78 bits per heavy atom. The molecule has 3 rings (SSSR count). The maximum absolute atomic E-state index is 13.3. The van der Waals surface area contributed by atoms with E-state index in [0.717, 1.165) is 5.56 Å². The van der Waals surface area contributed by atoms with E-state index in [0.29, 0.717) is 29.9 Å². The standard InChI is InChI=1S/C20H21N3O3S/c1-3-23(14-16-7-5-4-6-8-16)27(25,26)19-13-17(10-9-15(19)2)18-11-12-20(24)22-21-18/h4-13H,3,14H2,1-2H3,(H,22,24). The first-order valence-corrected chi connectivity index (χ1v) is 10.1. The van der Waals surface area contributed by atoms with Crippen molar-refractivity contribution in [3.63, 3.8) is 0 Å². The number of benzene rings is 2. The van der Waals surface area contributed by atoms with Gasteiger partial charge in [0.2, 0.25) is 10.0 Å². The van der Waals surface area contributed by atoms with Crippen LogP contribution in [0.3, 0.4) is 0 Å². The van der Waals surface area contributed by atoms with Crippen molar-refractivity contribution in [2.45, 2.75) is 25.3 Å². The summed E-state index contributed by atoms with van der Waals surface area (Å²) in [7, 11) is -3.69. The van der Waals surface area contributed by atoms with Crippen LogP contribution >= 0.6 is 0 Å². The van der Waals surface area contributed by atoms with E-state index in [1.54, 1.807) is 31.2 Å². The van der Waals surface area contributed by atoms with Gasteiger partial charge in [0.1, 0.15) is 0 Å². The first-order valence-electron chi connectivity index (χ1n) is 8.62. The minimum absolute atomic E-state index is 0.241. The van der Waals surface area contributed by atoms with Gasteiger partial charge in [-0.15, -0.1) is 0 Å². The zero-order valence-electron chi connectivity index (χ0n) is 15.2. The molecular weight excluding hydrogens is 362 g/mol. The summed E-state index contributed by atoms with van der Waals surface area (Å²) in [4.78, 5) is 11.5. The third-order valence-corrected chi connectivity index (χ3v) is 6.40. The van der Waals surface area contributed by atoms with Crippen LogP contribution in [0, 0.1) is 6.92 Å². The zero-order chi connectivity index (χ0) is 19.4. The third-order valence-electron chi connectivity index (χ3n) is 4.34. The van der Waals surface area contributed by atoms with Crippen LogP contribution in [0.1, 0.15) is 18.1 Å². The molecule has 0 atom stereocenters. The summed E-state index contributed by atoms with van der Waals surface area (Å²) in [5.74, 6) is 0. The fraction of sp³-hybridized carbons (Fsp3) is 0.200. The molecule has 0 fully saturated rings. The molecule has 140 valence electrons. The highest BCUT2D eigenvalue weighted by Gasteiger charge is 2.25. The van der Waals surface area contributed by atoms with Crippen molar-refractivity contribution in [1.29, 1.82) is 0 Å². The van der Waals surface area contributed by atoms with Gasteiger partial charge in [-0.05, 0) is 30.2 Å². The van der Waals surface area contributed by atoms with Crippen LogP contribution in [0.2, 0.25) is 0 Å². The molecule has 1 N–H and O–H groups in total. The van der Waals surface area contributed by atoms with Gasteiger partial charge in [0.25, 0.3) is 5.56 Å². The number of aryl methyl sites for hydroxylation is 1. The number of aromatic nitrogens is 2.